The lowest BCUT2D eigenvalue weighted by atomic mass is 10.0. The molecule has 0 fully saturated rings. The largest absolute Gasteiger partial charge is 0.480 e. The molecule has 0 aromatic rings. The zero-order chi connectivity index (χ0) is 17.4. The second kappa shape index (κ2) is 9.43. The highest BCUT2D eigenvalue weighted by Crippen LogP contribution is 2.38. The normalized spacial score (nSPS) is 16.9. The summed E-state index contributed by atoms with van der Waals surface area (Å²) < 4.78 is 39.4. The summed E-state index contributed by atoms with van der Waals surface area (Å²) in [5.41, 5.74) is 2.25. The zero-order valence-corrected chi connectivity index (χ0v) is 13.6. The quantitative estimate of drug-likeness (QED) is 0.331. The van der Waals surface area contributed by atoms with Gasteiger partial charge in [-0.25, -0.2) is 0 Å². The Kier molecular flexibility index (Phi) is 9.13. The molecule has 22 heavy (non-hydrogen) atoms. The van der Waals surface area contributed by atoms with Crippen LogP contribution < -0.4 is 5.73 Å². The van der Waals surface area contributed by atoms with E-state index in [-0.39, 0.29) is 17.9 Å². The van der Waals surface area contributed by atoms with E-state index < -0.39 is 35.3 Å². The van der Waals surface area contributed by atoms with Crippen molar-refractivity contribution in [1.29, 1.82) is 0 Å². The van der Waals surface area contributed by atoms with Crippen LogP contribution in [0.4, 0.5) is 13.2 Å². The topological polar surface area (TPSA) is 95.9 Å². The summed E-state index contributed by atoms with van der Waals surface area (Å²) >= 11 is 1.71. The summed E-state index contributed by atoms with van der Waals surface area (Å²) in [4.78, 5) is 14.0. The van der Waals surface area contributed by atoms with Gasteiger partial charge in [-0.1, -0.05) is 18.3 Å². The molecule has 0 aliphatic rings. The first-order valence-electron chi connectivity index (χ1n) is 6.20. The molecule has 0 bridgehead atoms. The van der Waals surface area contributed by atoms with Crippen molar-refractivity contribution in [2.24, 2.45) is 10.7 Å². The number of hydrogen-bond donors (Lipinski definition) is 3. The number of carbonyl (C=O) groups is 1. The highest BCUT2D eigenvalue weighted by molar-refractivity contribution is 8.16. The molecule has 0 aliphatic heterocycles. The van der Waals surface area contributed by atoms with Gasteiger partial charge in [0.2, 0.25) is 5.60 Å². The maximum Gasteiger partial charge on any atom is 0.423 e. The number of halogens is 3. The van der Waals surface area contributed by atoms with Gasteiger partial charge >= 0.3 is 12.1 Å². The number of rotatable bonds is 9. The Morgan fingerprint density at radius 3 is 2.45 bits per heavy atom. The molecule has 10 heteroatoms. The summed E-state index contributed by atoms with van der Waals surface area (Å²) in [5.74, 6) is -0.886. The van der Waals surface area contributed by atoms with E-state index in [1.54, 1.807) is 0 Å². The molecule has 5 nitrogen and oxygen atoms in total. The van der Waals surface area contributed by atoms with Gasteiger partial charge in [-0.15, -0.1) is 0 Å². The van der Waals surface area contributed by atoms with E-state index in [9.17, 15) is 23.1 Å². The molecule has 0 rings (SSSR count). The molecule has 0 heterocycles. The average Bonchev–Trinajstić information content (AvgIpc) is 2.42. The smallest absolute Gasteiger partial charge is 0.423 e. The van der Waals surface area contributed by atoms with Crippen LogP contribution >= 0.6 is 23.5 Å². The third-order valence-corrected chi connectivity index (χ3v) is 4.65. The molecule has 0 saturated heterocycles. The molecular weight excluding hydrogens is 341 g/mol. The zero-order valence-electron chi connectivity index (χ0n) is 12.0. The fourth-order valence-electron chi connectivity index (χ4n) is 1.44. The molecule has 2 atom stereocenters. The van der Waals surface area contributed by atoms with Crippen LogP contribution in [0, 0.1) is 0 Å². The Bertz CT molecular complexity index is 419. The Morgan fingerprint density at radius 1 is 1.45 bits per heavy atom. The summed E-state index contributed by atoms with van der Waals surface area (Å²) in [7, 11) is 1.17. The number of aliphatic imine (C=N–C) groups is 1. The minimum atomic E-state index is -4.87. The van der Waals surface area contributed by atoms with Crippen LogP contribution in [-0.2, 0) is 4.79 Å². The number of nitrogens with zero attached hydrogens (tertiary/aromatic N) is 1. The average molecular weight is 360 g/mol. The number of carboxylic acids is 1. The summed E-state index contributed by atoms with van der Waals surface area (Å²) in [6.07, 6.45) is -5.31. The second-order valence-corrected chi connectivity index (χ2v) is 6.45. The van der Waals surface area contributed by atoms with Crippen molar-refractivity contribution in [2.75, 3.05) is 18.6 Å². The van der Waals surface area contributed by atoms with Crippen molar-refractivity contribution in [1.82, 2.24) is 0 Å². The first kappa shape index (κ1) is 21.3. The van der Waals surface area contributed by atoms with Crippen molar-refractivity contribution in [3.63, 3.8) is 0 Å². The molecule has 2 unspecified atom stereocenters. The molecule has 0 spiro atoms. The summed E-state index contributed by atoms with van der Waals surface area (Å²) in [6.45, 7) is 3.32. The maximum absolute atomic E-state index is 13.1. The van der Waals surface area contributed by atoms with Gasteiger partial charge in [0.25, 0.3) is 0 Å². The van der Waals surface area contributed by atoms with Crippen LogP contribution in [0.2, 0.25) is 0 Å². The predicted octanol–water partition coefficient (Wildman–Crippen LogP) is 2.11. The van der Waals surface area contributed by atoms with Gasteiger partial charge in [-0.2, -0.15) is 24.9 Å². The summed E-state index contributed by atoms with van der Waals surface area (Å²) in [6, 6.07) is -1.04. The second-order valence-electron chi connectivity index (χ2n) is 4.27. The van der Waals surface area contributed by atoms with Gasteiger partial charge in [-0.3, -0.25) is 9.79 Å². The minimum Gasteiger partial charge on any atom is -0.480 e. The highest BCUT2D eigenvalue weighted by atomic mass is 32.2. The van der Waals surface area contributed by atoms with Crippen molar-refractivity contribution in [2.45, 2.75) is 30.7 Å². The van der Waals surface area contributed by atoms with E-state index in [0.29, 0.717) is 11.8 Å². The van der Waals surface area contributed by atoms with E-state index in [1.807, 2.05) is 0 Å². The lowest BCUT2D eigenvalue weighted by Gasteiger charge is -2.30. The van der Waals surface area contributed by atoms with Crippen molar-refractivity contribution >= 4 is 34.5 Å². The third-order valence-electron chi connectivity index (χ3n) is 2.72. The number of aliphatic hydroxyl groups is 1. The summed E-state index contributed by atoms with van der Waals surface area (Å²) in [5, 5.41) is 19.3. The molecule has 0 aliphatic carbocycles. The number of thioether (sulfide) groups is 2. The first-order valence-corrected chi connectivity index (χ1v) is 8.23. The fraction of sp³-hybridized carbons (Fsp3) is 0.667. The van der Waals surface area contributed by atoms with E-state index in [2.05, 4.69) is 11.6 Å². The number of aliphatic carboxylic acids is 1. The van der Waals surface area contributed by atoms with Gasteiger partial charge in [-0.05, 0) is 23.3 Å². The lowest BCUT2D eigenvalue weighted by molar-refractivity contribution is -0.229. The molecular formula is C12H19F3N2O3S2. The standard InChI is InChI=1S/C12H19F3N2O3S2/c1-3-22-10(17-2)11(20,12(13,14)15)5-7-21-6-4-8(16)9(18)19/h3,8,20H,1,4-7,16H2,2H3,(H,18,19). The van der Waals surface area contributed by atoms with Gasteiger partial charge in [0.1, 0.15) is 11.1 Å². The number of hydrogen-bond acceptors (Lipinski definition) is 6. The Labute approximate surface area is 135 Å². The van der Waals surface area contributed by atoms with Crippen molar-refractivity contribution < 1.29 is 28.2 Å². The first-order chi connectivity index (χ1) is 10.1. The molecule has 128 valence electrons. The molecule has 4 N–H and O–H groups in total. The number of carboxylic acid groups (broad SMARTS) is 1. The molecule has 0 aromatic heterocycles. The highest BCUT2D eigenvalue weighted by Gasteiger charge is 2.56. The van der Waals surface area contributed by atoms with Gasteiger partial charge in [0.15, 0.2) is 0 Å². The van der Waals surface area contributed by atoms with E-state index in [0.717, 1.165) is 17.2 Å². The Hall–Kier alpha value is -0.710. The fourth-order valence-corrected chi connectivity index (χ4v) is 3.18. The van der Waals surface area contributed by atoms with Gasteiger partial charge in [0.05, 0.1) is 0 Å². The van der Waals surface area contributed by atoms with Crippen molar-refractivity contribution in [3.8, 4) is 0 Å². The van der Waals surface area contributed by atoms with Crippen LogP contribution in [0.3, 0.4) is 0 Å². The van der Waals surface area contributed by atoms with Crippen LogP contribution in [-0.4, -0.2) is 57.6 Å². The third kappa shape index (κ3) is 6.19. The van der Waals surface area contributed by atoms with Crippen molar-refractivity contribution in [3.05, 3.63) is 12.0 Å². The van der Waals surface area contributed by atoms with Crippen LogP contribution in [0.15, 0.2) is 17.0 Å². The van der Waals surface area contributed by atoms with Gasteiger partial charge < -0.3 is 15.9 Å². The predicted molar refractivity (Wildman–Crippen MR) is 84.3 cm³/mol. The van der Waals surface area contributed by atoms with Crippen LogP contribution in [0.5, 0.6) is 0 Å². The minimum absolute atomic E-state index is 0.0148. The van der Waals surface area contributed by atoms with E-state index in [1.165, 1.54) is 7.05 Å². The number of alkyl halides is 3. The Balaban J connectivity index is 4.64. The molecule has 0 radical (unpaired) electrons. The van der Waals surface area contributed by atoms with Crippen LogP contribution in [0.25, 0.3) is 0 Å². The van der Waals surface area contributed by atoms with E-state index >= 15 is 0 Å². The van der Waals surface area contributed by atoms with E-state index in [4.69, 9.17) is 10.8 Å². The van der Waals surface area contributed by atoms with Gasteiger partial charge in [0, 0.05) is 13.5 Å². The Morgan fingerprint density at radius 2 is 2.05 bits per heavy atom. The monoisotopic (exact) mass is 360 g/mol. The SMILES string of the molecule is C=CSC(=NC)C(O)(CCSCCC(N)C(=O)O)C(F)(F)F. The van der Waals surface area contributed by atoms with Crippen LogP contribution in [0.1, 0.15) is 12.8 Å². The molecule has 0 aromatic carbocycles. The lowest BCUT2D eigenvalue weighted by Crippen LogP contribution is -2.51. The maximum atomic E-state index is 13.1. The molecule has 0 amide bonds. The molecule has 0 saturated carbocycles. The number of nitrogens with two attached hydrogens (primary N) is 1.